The predicted octanol–water partition coefficient (Wildman–Crippen LogP) is 1.60. The topological polar surface area (TPSA) is 125 Å². The van der Waals surface area contributed by atoms with Crippen molar-refractivity contribution >= 4 is 34.4 Å². The molecule has 3 N–H and O–H groups in total. The van der Waals surface area contributed by atoms with Gasteiger partial charge < -0.3 is 15.4 Å². The zero-order valence-electron chi connectivity index (χ0n) is 12.6. The normalized spacial score (nSPS) is 10.6. The van der Waals surface area contributed by atoms with Crippen LogP contribution in [0.15, 0.2) is 41.5 Å². The fourth-order valence-electron chi connectivity index (χ4n) is 2.36. The second-order valence-electron chi connectivity index (χ2n) is 5.16. The molecule has 1 amide bonds. The van der Waals surface area contributed by atoms with Crippen LogP contribution in [0.25, 0.3) is 10.9 Å². The molecular weight excluding hydrogens is 348 g/mol. The Labute approximate surface area is 145 Å². The van der Waals surface area contributed by atoms with E-state index in [0.29, 0.717) is 27.1 Å². The molecule has 0 bridgehead atoms. The quantitative estimate of drug-likeness (QED) is 0.650. The van der Waals surface area contributed by atoms with E-state index in [4.69, 9.17) is 16.7 Å². The molecule has 2 heterocycles. The van der Waals surface area contributed by atoms with Gasteiger partial charge in [0.05, 0.1) is 23.5 Å². The number of pyridine rings is 1. The summed E-state index contributed by atoms with van der Waals surface area (Å²) in [5, 5.41) is 19.8. The highest BCUT2D eigenvalue weighted by atomic mass is 35.5. The number of benzene rings is 1. The molecule has 0 aliphatic carbocycles. The van der Waals surface area contributed by atoms with E-state index in [9.17, 15) is 14.4 Å². The summed E-state index contributed by atoms with van der Waals surface area (Å²) in [6.07, 6.45) is 2.72. The highest BCUT2D eigenvalue weighted by Crippen LogP contribution is 2.22. The van der Waals surface area contributed by atoms with Gasteiger partial charge in [-0.3, -0.25) is 9.59 Å². The molecule has 0 unspecified atom stereocenters. The number of hydrogen-bond donors (Lipinski definition) is 3. The van der Waals surface area contributed by atoms with Crippen LogP contribution in [0.1, 0.15) is 26.3 Å². The lowest BCUT2D eigenvalue weighted by Crippen LogP contribution is -2.24. The minimum atomic E-state index is -1.33. The first-order valence-corrected chi connectivity index (χ1v) is 7.47. The van der Waals surface area contributed by atoms with E-state index in [-0.39, 0.29) is 18.0 Å². The fraction of sp³-hybridized carbons (Fsp3) is 0.0625. The van der Waals surface area contributed by atoms with Crippen molar-refractivity contribution in [1.82, 2.24) is 20.5 Å². The summed E-state index contributed by atoms with van der Waals surface area (Å²) in [6, 6.07) is 5.89. The molecule has 126 valence electrons. The largest absolute Gasteiger partial charge is 0.477 e. The number of nitrogens with zero attached hydrogens (tertiary/aromatic N) is 2. The van der Waals surface area contributed by atoms with Gasteiger partial charge in [0.2, 0.25) is 0 Å². The monoisotopic (exact) mass is 358 g/mol. The molecule has 0 atom stereocenters. The number of fused-ring (bicyclic) bond motifs is 1. The van der Waals surface area contributed by atoms with E-state index in [1.807, 2.05) is 0 Å². The number of nitrogens with one attached hydrogen (secondary N) is 2. The van der Waals surface area contributed by atoms with E-state index in [1.165, 1.54) is 30.6 Å². The number of carboxylic acids is 1. The second-order valence-corrected chi connectivity index (χ2v) is 5.60. The van der Waals surface area contributed by atoms with E-state index in [0.717, 1.165) is 0 Å². The average molecular weight is 359 g/mol. The van der Waals surface area contributed by atoms with Crippen LogP contribution in [0.3, 0.4) is 0 Å². The van der Waals surface area contributed by atoms with Gasteiger partial charge in [-0.2, -0.15) is 10.2 Å². The van der Waals surface area contributed by atoms with Gasteiger partial charge in [0.25, 0.3) is 11.5 Å². The van der Waals surface area contributed by atoms with Crippen molar-refractivity contribution in [2.24, 2.45) is 0 Å². The molecule has 0 aliphatic heterocycles. The van der Waals surface area contributed by atoms with Crippen molar-refractivity contribution in [1.29, 1.82) is 0 Å². The lowest BCUT2D eigenvalue weighted by molar-refractivity contribution is 0.0695. The Kier molecular flexibility index (Phi) is 4.44. The SMILES string of the molecule is O=C(NCc1cc(Cl)cc2cc(C(=O)O)c(=O)[nH]c12)c1ccnnc1. The first-order chi connectivity index (χ1) is 12.0. The highest BCUT2D eigenvalue weighted by molar-refractivity contribution is 6.31. The molecule has 0 radical (unpaired) electrons. The molecule has 8 nitrogen and oxygen atoms in total. The van der Waals surface area contributed by atoms with Crippen molar-refractivity contribution in [2.75, 3.05) is 0 Å². The van der Waals surface area contributed by atoms with Crippen LogP contribution in [-0.2, 0) is 6.54 Å². The lowest BCUT2D eigenvalue weighted by atomic mass is 10.1. The molecule has 1 aromatic carbocycles. The summed E-state index contributed by atoms with van der Waals surface area (Å²) in [7, 11) is 0. The number of aromatic carboxylic acids is 1. The van der Waals surface area contributed by atoms with Crippen molar-refractivity contribution in [3.63, 3.8) is 0 Å². The van der Waals surface area contributed by atoms with Gasteiger partial charge in [-0.05, 0) is 29.8 Å². The number of carbonyl (C=O) groups excluding carboxylic acids is 1. The summed E-state index contributed by atoms with van der Waals surface area (Å²) in [4.78, 5) is 37.6. The maximum absolute atomic E-state index is 12.1. The first kappa shape index (κ1) is 16.6. The molecule has 25 heavy (non-hydrogen) atoms. The summed E-state index contributed by atoms with van der Waals surface area (Å²) in [5.74, 6) is -1.70. The van der Waals surface area contributed by atoms with Gasteiger partial charge in [-0.1, -0.05) is 11.6 Å². The van der Waals surface area contributed by atoms with Gasteiger partial charge in [0.15, 0.2) is 0 Å². The van der Waals surface area contributed by atoms with E-state index in [1.54, 1.807) is 6.07 Å². The number of hydrogen-bond acceptors (Lipinski definition) is 5. The smallest absolute Gasteiger partial charge is 0.341 e. The maximum Gasteiger partial charge on any atom is 0.341 e. The van der Waals surface area contributed by atoms with E-state index < -0.39 is 11.5 Å². The standard InChI is InChI=1S/C16H11ClN4O4/c17-11-3-9-5-12(16(24)25)15(23)21-13(9)10(4-11)6-18-14(22)8-1-2-19-20-7-8/h1-5,7H,6H2,(H,18,22)(H,21,23)(H,24,25). The minimum Gasteiger partial charge on any atom is -0.477 e. The van der Waals surface area contributed by atoms with Crippen molar-refractivity contribution in [2.45, 2.75) is 6.54 Å². The average Bonchev–Trinajstić information content (AvgIpc) is 2.59. The molecule has 0 fully saturated rings. The third-order valence-corrected chi connectivity index (χ3v) is 3.73. The zero-order valence-corrected chi connectivity index (χ0v) is 13.4. The van der Waals surface area contributed by atoms with Gasteiger partial charge >= 0.3 is 5.97 Å². The van der Waals surface area contributed by atoms with E-state index >= 15 is 0 Å². The number of carbonyl (C=O) groups is 2. The van der Waals surface area contributed by atoms with Crippen LogP contribution in [0.4, 0.5) is 0 Å². The van der Waals surface area contributed by atoms with Crippen molar-refractivity contribution < 1.29 is 14.7 Å². The summed E-state index contributed by atoms with van der Waals surface area (Å²) >= 11 is 6.06. The van der Waals surface area contributed by atoms with Crippen LogP contribution in [0.5, 0.6) is 0 Å². The van der Waals surface area contributed by atoms with Crippen LogP contribution >= 0.6 is 11.6 Å². The number of H-pyrrole nitrogens is 1. The number of rotatable bonds is 4. The molecule has 0 saturated heterocycles. The Balaban J connectivity index is 1.96. The highest BCUT2D eigenvalue weighted by Gasteiger charge is 2.13. The Bertz CT molecular complexity index is 1030. The molecule has 0 saturated carbocycles. The zero-order chi connectivity index (χ0) is 18.0. The molecule has 3 aromatic rings. The minimum absolute atomic E-state index is 0.0839. The summed E-state index contributed by atoms with van der Waals surface area (Å²) < 4.78 is 0. The second kappa shape index (κ2) is 6.70. The molecular formula is C16H11ClN4O4. The predicted molar refractivity (Wildman–Crippen MR) is 89.7 cm³/mol. The molecule has 0 aliphatic rings. The summed E-state index contributed by atoms with van der Waals surface area (Å²) in [5.41, 5.74) is 0.184. The fourth-order valence-corrected chi connectivity index (χ4v) is 2.60. The van der Waals surface area contributed by atoms with Crippen molar-refractivity contribution in [3.8, 4) is 0 Å². The van der Waals surface area contributed by atoms with Gasteiger partial charge in [0.1, 0.15) is 5.56 Å². The maximum atomic E-state index is 12.1. The van der Waals surface area contributed by atoms with Crippen LogP contribution < -0.4 is 10.9 Å². The lowest BCUT2D eigenvalue weighted by Gasteiger charge is -2.10. The first-order valence-electron chi connectivity index (χ1n) is 7.09. The number of aromatic nitrogens is 3. The Morgan fingerprint density at radius 2 is 2.04 bits per heavy atom. The summed E-state index contributed by atoms with van der Waals surface area (Å²) in [6.45, 7) is 0.0839. The van der Waals surface area contributed by atoms with Gasteiger partial charge in [-0.15, -0.1) is 0 Å². The van der Waals surface area contributed by atoms with Crippen molar-refractivity contribution in [3.05, 3.63) is 68.7 Å². The van der Waals surface area contributed by atoms with Crippen LogP contribution in [0.2, 0.25) is 5.02 Å². The van der Waals surface area contributed by atoms with E-state index in [2.05, 4.69) is 20.5 Å². The molecule has 9 heteroatoms. The molecule has 0 spiro atoms. The number of carboxylic acid groups (broad SMARTS) is 1. The van der Waals surface area contributed by atoms with Gasteiger partial charge in [-0.25, -0.2) is 4.79 Å². The number of aromatic amines is 1. The third kappa shape index (κ3) is 3.48. The Morgan fingerprint density at radius 1 is 1.24 bits per heavy atom. The molecule has 3 rings (SSSR count). The van der Waals surface area contributed by atoms with Crippen LogP contribution in [0, 0.1) is 0 Å². The third-order valence-electron chi connectivity index (χ3n) is 3.51. The number of amides is 1. The number of halogens is 1. The molecule has 2 aromatic heterocycles. The van der Waals surface area contributed by atoms with Gasteiger partial charge in [0, 0.05) is 17.0 Å². The Hall–Kier alpha value is -3.26. The Morgan fingerprint density at radius 3 is 2.72 bits per heavy atom. The van der Waals surface area contributed by atoms with Crippen LogP contribution in [-0.4, -0.2) is 32.2 Å².